The van der Waals surface area contributed by atoms with Crippen molar-refractivity contribution in [2.45, 2.75) is 44.6 Å². The summed E-state index contributed by atoms with van der Waals surface area (Å²) >= 11 is 0. The predicted octanol–water partition coefficient (Wildman–Crippen LogP) is 1.60. The fourth-order valence-electron chi connectivity index (χ4n) is 2.45. The van der Waals surface area contributed by atoms with Gasteiger partial charge in [-0.2, -0.15) is 0 Å². The van der Waals surface area contributed by atoms with Gasteiger partial charge in [0.25, 0.3) is 0 Å². The molecule has 0 aromatic carbocycles. The molecule has 1 aliphatic heterocycles. The van der Waals surface area contributed by atoms with Crippen LogP contribution in [0.2, 0.25) is 0 Å². The Morgan fingerprint density at radius 3 is 2.38 bits per heavy atom. The number of rotatable bonds is 3. The smallest absolute Gasteiger partial charge is 0.0158 e. The van der Waals surface area contributed by atoms with Crippen molar-refractivity contribution >= 4 is 0 Å². The quantitative estimate of drug-likeness (QED) is 0.718. The molecule has 0 aromatic rings. The zero-order valence-corrected chi connectivity index (χ0v) is 8.76. The topological polar surface area (TPSA) is 29.3 Å². The van der Waals surface area contributed by atoms with Gasteiger partial charge in [-0.1, -0.05) is 6.92 Å². The van der Waals surface area contributed by atoms with Crippen LogP contribution in [-0.2, 0) is 0 Å². The van der Waals surface area contributed by atoms with Crippen LogP contribution in [0.5, 0.6) is 0 Å². The summed E-state index contributed by atoms with van der Waals surface area (Å²) in [5.74, 6) is 0.926. The molecule has 0 aromatic heterocycles. The molecular formula is C11H22N2. The lowest BCUT2D eigenvalue weighted by atomic mass is 9.89. The van der Waals surface area contributed by atoms with Gasteiger partial charge in [-0.15, -0.1) is 0 Å². The molecule has 2 fully saturated rings. The minimum atomic E-state index is 0.277. The summed E-state index contributed by atoms with van der Waals surface area (Å²) in [7, 11) is 0. The second-order valence-electron chi connectivity index (χ2n) is 4.94. The maximum Gasteiger partial charge on any atom is 0.0158 e. The van der Waals surface area contributed by atoms with E-state index in [-0.39, 0.29) is 5.54 Å². The third kappa shape index (κ3) is 2.44. The van der Waals surface area contributed by atoms with Crippen LogP contribution in [0.1, 0.15) is 39.0 Å². The van der Waals surface area contributed by atoms with Gasteiger partial charge in [-0.25, -0.2) is 0 Å². The maximum atomic E-state index is 6.13. The largest absolute Gasteiger partial charge is 0.325 e. The van der Waals surface area contributed by atoms with Crippen molar-refractivity contribution in [3.8, 4) is 0 Å². The SMILES string of the molecule is CCN1CCC(CC2(N)CC2)CC1. The zero-order chi connectivity index (χ0) is 9.31. The first-order valence-electron chi connectivity index (χ1n) is 5.73. The Morgan fingerprint density at radius 2 is 1.92 bits per heavy atom. The standard InChI is InChI=1S/C11H22N2/c1-2-13-7-3-10(4-8-13)9-11(12)5-6-11/h10H,2-9,12H2,1H3. The highest BCUT2D eigenvalue weighted by Crippen LogP contribution is 2.40. The molecule has 13 heavy (non-hydrogen) atoms. The highest BCUT2D eigenvalue weighted by Gasteiger charge is 2.40. The molecule has 0 unspecified atom stereocenters. The van der Waals surface area contributed by atoms with Crippen molar-refractivity contribution in [3.05, 3.63) is 0 Å². The number of nitrogens with zero attached hydrogens (tertiary/aromatic N) is 1. The molecule has 0 radical (unpaired) electrons. The lowest BCUT2D eigenvalue weighted by Crippen LogP contribution is -2.36. The van der Waals surface area contributed by atoms with Crippen LogP contribution in [0.15, 0.2) is 0 Å². The predicted molar refractivity (Wildman–Crippen MR) is 55.6 cm³/mol. The number of hydrogen-bond donors (Lipinski definition) is 1. The van der Waals surface area contributed by atoms with Crippen molar-refractivity contribution in [2.24, 2.45) is 11.7 Å². The Kier molecular flexibility index (Phi) is 2.61. The summed E-state index contributed by atoms with van der Waals surface area (Å²) in [4.78, 5) is 2.55. The molecule has 0 amide bonds. The maximum absolute atomic E-state index is 6.13. The molecule has 0 spiro atoms. The number of likely N-dealkylation sites (tertiary alicyclic amines) is 1. The summed E-state index contributed by atoms with van der Waals surface area (Å²) in [5.41, 5.74) is 6.41. The Hall–Kier alpha value is -0.0800. The average Bonchev–Trinajstić information content (AvgIpc) is 2.85. The molecule has 1 heterocycles. The summed E-state index contributed by atoms with van der Waals surface area (Å²) in [6, 6.07) is 0. The number of hydrogen-bond acceptors (Lipinski definition) is 2. The third-order valence-corrected chi connectivity index (χ3v) is 3.74. The first kappa shape index (κ1) is 9.47. The Labute approximate surface area is 81.5 Å². The van der Waals surface area contributed by atoms with Gasteiger partial charge in [-0.3, -0.25) is 0 Å². The summed E-state index contributed by atoms with van der Waals surface area (Å²) in [5, 5.41) is 0. The van der Waals surface area contributed by atoms with Crippen LogP contribution in [0.3, 0.4) is 0 Å². The third-order valence-electron chi connectivity index (χ3n) is 3.74. The van der Waals surface area contributed by atoms with Gasteiger partial charge >= 0.3 is 0 Å². The van der Waals surface area contributed by atoms with Crippen molar-refractivity contribution in [1.82, 2.24) is 4.90 Å². The van der Waals surface area contributed by atoms with Crippen molar-refractivity contribution in [3.63, 3.8) is 0 Å². The highest BCUT2D eigenvalue weighted by molar-refractivity contribution is 5.00. The van der Waals surface area contributed by atoms with Crippen LogP contribution >= 0.6 is 0 Å². The van der Waals surface area contributed by atoms with E-state index in [4.69, 9.17) is 5.73 Å². The van der Waals surface area contributed by atoms with Crippen molar-refractivity contribution in [1.29, 1.82) is 0 Å². The molecular weight excluding hydrogens is 160 g/mol. The van der Waals surface area contributed by atoms with Crippen LogP contribution in [0, 0.1) is 5.92 Å². The first-order chi connectivity index (χ1) is 6.22. The van der Waals surface area contributed by atoms with Gasteiger partial charge in [0.1, 0.15) is 0 Å². The Bertz CT molecular complexity index is 167. The number of nitrogens with two attached hydrogens (primary N) is 1. The molecule has 1 aliphatic carbocycles. The van der Waals surface area contributed by atoms with E-state index in [0.717, 1.165) is 5.92 Å². The molecule has 2 heteroatoms. The average molecular weight is 182 g/mol. The first-order valence-corrected chi connectivity index (χ1v) is 5.73. The number of piperidine rings is 1. The van der Waals surface area contributed by atoms with Gasteiger partial charge in [0.2, 0.25) is 0 Å². The Morgan fingerprint density at radius 1 is 1.31 bits per heavy atom. The second-order valence-corrected chi connectivity index (χ2v) is 4.94. The van der Waals surface area contributed by atoms with Gasteiger partial charge in [0.15, 0.2) is 0 Å². The molecule has 2 aliphatic rings. The fraction of sp³-hybridized carbons (Fsp3) is 1.00. The fourth-order valence-corrected chi connectivity index (χ4v) is 2.45. The molecule has 1 saturated heterocycles. The van der Waals surface area contributed by atoms with E-state index in [9.17, 15) is 0 Å². The summed E-state index contributed by atoms with van der Waals surface area (Å²) < 4.78 is 0. The minimum absolute atomic E-state index is 0.277. The molecule has 2 rings (SSSR count). The van der Waals surface area contributed by atoms with E-state index in [1.54, 1.807) is 0 Å². The van der Waals surface area contributed by atoms with Gasteiger partial charge in [0, 0.05) is 5.54 Å². The second kappa shape index (κ2) is 3.58. The molecule has 2 N–H and O–H groups in total. The molecule has 0 bridgehead atoms. The summed E-state index contributed by atoms with van der Waals surface area (Å²) in [6.45, 7) is 6.08. The van der Waals surface area contributed by atoms with E-state index >= 15 is 0 Å². The van der Waals surface area contributed by atoms with E-state index in [1.807, 2.05) is 0 Å². The van der Waals surface area contributed by atoms with Gasteiger partial charge < -0.3 is 10.6 Å². The van der Waals surface area contributed by atoms with Crippen LogP contribution < -0.4 is 5.73 Å². The lowest BCUT2D eigenvalue weighted by Gasteiger charge is -2.32. The molecule has 76 valence electrons. The van der Waals surface area contributed by atoms with Crippen LogP contribution in [0.4, 0.5) is 0 Å². The van der Waals surface area contributed by atoms with Gasteiger partial charge in [0.05, 0.1) is 0 Å². The van der Waals surface area contributed by atoms with Crippen LogP contribution in [0.25, 0.3) is 0 Å². The van der Waals surface area contributed by atoms with E-state index in [0.29, 0.717) is 0 Å². The van der Waals surface area contributed by atoms with E-state index < -0.39 is 0 Å². The molecule has 1 saturated carbocycles. The minimum Gasteiger partial charge on any atom is -0.325 e. The zero-order valence-electron chi connectivity index (χ0n) is 8.76. The molecule has 0 atom stereocenters. The monoisotopic (exact) mass is 182 g/mol. The van der Waals surface area contributed by atoms with Crippen molar-refractivity contribution in [2.75, 3.05) is 19.6 Å². The summed E-state index contributed by atoms with van der Waals surface area (Å²) in [6.07, 6.45) is 6.62. The lowest BCUT2D eigenvalue weighted by molar-refractivity contribution is 0.179. The normalized spacial score (nSPS) is 29.1. The Balaban J connectivity index is 1.72. The van der Waals surface area contributed by atoms with E-state index in [1.165, 1.54) is 51.7 Å². The highest BCUT2D eigenvalue weighted by atomic mass is 15.1. The van der Waals surface area contributed by atoms with E-state index in [2.05, 4.69) is 11.8 Å². The van der Waals surface area contributed by atoms with Gasteiger partial charge in [-0.05, 0) is 57.7 Å². The van der Waals surface area contributed by atoms with Crippen molar-refractivity contribution < 1.29 is 0 Å². The van der Waals surface area contributed by atoms with Crippen LogP contribution in [-0.4, -0.2) is 30.1 Å². The molecule has 2 nitrogen and oxygen atoms in total.